The number of rotatable bonds is 5. The first kappa shape index (κ1) is 22.7. The van der Waals surface area contributed by atoms with E-state index in [0.717, 1.165) is 53.8 Å². The maximum absolute atomic E-state index is 10.2. The van der Waals surface area contributed by atoms with Gasteiger partial charge in [-0.2, -0.15) is 5.26 Å². The van der Waals surface area contributed by atoms with Crippen LogP contribution in [-0.2, 0) is 5.41 Å². The van der Waals surface area contributed by atoms with Crippen molar-refractivity contribution in [1.82, 2.24) is 4.90 Å². The molecule has 1 heterocycles. The van der Waals surface area contributed by atoms with Crippen LogP contribution in [0, 0.1) is 11.3 Å². The molecule has 0 radical (unpaired) electrons. The summed E-state index contributed by atoms with van der Waals surface area (Å²) in [6.07, 6.45) is 0.737. The van der Waals surface area contributed by atoms with Crippen molar-refractivity contribution in [1.29, 1.82) is 5.26 Å². The average Bonchev–Trinajstić information content (AvgIpc) is 2.73. The second-order valence-electron chi connectivity index (χ2n) is 7.06. The highest BCUT2D eigenvalue weighted by Crippen LogP contribution is 2.36. The molecule has 148 valence electrons. The summed E-state index contributed by atoms with van der Waals surface area (Å²) in [5, 5.41) is 10.2. The van der Waals surface area contributed by atoms with Crippen molar-refractivity contribution in [3.05, 3.63) is 71.8 Å². The van der Waals surface area contributed by atoms with Crippen LogP contribution in [0.15, 0.2) is 60.7 Å². The van der Waals surface area contributed by atoms with Gasteiger partial charge in [0.05, 0.1) is 39.3 Å². The molecule has 0 aliphatic carbocycles. The molecule has 0 bridgehead atoms. The maximum atomic E-state index is 10.2. The van der Waals surface area contributed by atoms with Crippen molar-refractivity contribution >= 4 is 28.3 Å². The summed E-state index contributed by atoms with van der Waals surface area (Å²) >= 11 is 7.38. The number of quaternary nitrogens is 1. The Morgan fingerprint density at radius 3 is 2.04 bits per heavy atom. The van der Waals surface area contributed by atoms with Gasteiger partial charge in [0.1, 0.15) is 9.74 Å². The summed E-state index contributed by atoms with van der Waals surface area (Å²) in [7, 11) is 2.23. The smallest absolute Gasteiger partial charge is 0.136 e. The van der Waals surface area contributed by atoms with E-state index in [9.17, 15) is 5.26 Å². The highest BCUT2D eigenvalue weighted by molar-refractivity contribution is 8.22. The average molecular weight is 432 g/mol. The van der Waals surface area contributed by atoms with Gasteiger partial charge in [-0.05, 0) is 17.5 Å². The number of thioether (sulfide) groups is 1. The Morgan fingerprint density at radius 2 is 1.57 bits per heavy atom. The van der Waals surface area contributed by atoms with Crippen molar-refractivity contribution in [2.75, 3.05) is 39.0 Å². The molecule has 0 spiro atoms. The van der Waals surface area contributed by atoms with Gasteiger partial charge in [0.2, 0.25) is 0 Å². The van der Waals surface area contributed by atoms with Crippen LogP contribution in [0.25, 0.3) is 0 Å². The Bertz CT molecular complexity index is 745. The third-order valence-electron chi connectivity index (χ3n) is 5.30. The number of halogens is 1. The van der Waals surface area contributed by atoms with Crippen molar-refractivity contribution in [2.45, 2.75) is 11.8 Å². The van der Waals surface area contributed by atoms with Gasteiger partial charge in [-0.1, -0.05) is 84.6 Å². The largest absolute Gasteiger partial charge is 1.00 e. The molecule has 2 aromatic rings. The topological polar surface area (TPSA) is 31.5 Å². The Hall–Kier alpha value is -1.58. The minimum atomic E-state index is -0.641. The van der Waals surface area contributed by atoms with Crippen LogP contribution in [0.1, 0.15) is 17.5 Å². The zero-order valence-corrected chi connectivity index (χ0v) is 18.5. The van der Waals surface area contributed by atoms with Crippen molar-refractivity contribution in [2.24, 2.45) is 0 Å². The summed E-state index contributed by atoms with van der Waals surface area (Å²) in [6, 6.07) is 22.9. The molecule has 1 fully saturated rings. The van der Waals surface area contributed by atoms with Gasteiger partial charge < -0.3 is 22.2 Å². The summed E-state index contributed by atoms with van der Waals surface area (Å²) in [5.74, 6) is 0.829. The van der Waals surface area contributed by atoms with Gasteiger partial charge in [0, 0.05) is 5.75 Å². The van der Waals surface area contributed by atoms with E-state index in [1.807, 2.05) is 36.4 Å². The van der Waals surface area contributed by atoms with E-state index in [0.29, 0.717) is 0 Å². The quantitative estimate of drug-likeness (QED) is 0.661. The predicted molar refractivity (Wildman–Crippen MR) is 117 cm³/mol. The lowest BCUT2D eigenvalue weighted by atomic mass is 9.74. The second-order valence-corrected chi connectivity index (χ2v) is 8.79. The minimum absolute atomic E-state index is 0. The van der Waals surface area contributed by atoms with Gasteiger partial charge in [0.15, 0.2) is 0 Å². The van der Waals surface area contributed by atoms with Crippen LogP contribution in [-0.4, -0.2) is 48.2 Å². The van der Waals surface area contributed by atoms with E-state index in [2.05, 4.69) is 42.3 Å². The number of nitrogens with one attached hydrogen (secondary N) is 1. The summed E-state index contributed by atoms with van der Waals surface area (Å²) in [5.41, 5.74) is 1.46. The van der Waals surface area contributed by atoms with Crippen LogP contribution in [0.4, 0.5) is 0 Å². The van der Waals surface area contributed by atoms with E-state index in [4.69, 9.17) is 12.2 Å². The fourth-order valence-electron chi connectivity index (χ4n) is 3.54. The normalized spacial score (nSPS) is 14.8. The van der Waals surface area contributed by atoms with Gasteiger partial charge in [-0.25, -0.2) is 0 Å². The fraction of sp³-hybridized carbons (Fsp3) is 0.364. The predicted octanol–water partition coefficient (Wildman–Crippen LogP) is -0.261. The first-order valence-corrected chi connectivity index (χ1v) is 10.8. The van der Waals surface area contributed by atoms with Crippen LogP contribution < -0.4 is 17.3 Å². The monoisotopic (exact) mass is 431 g/mol. The van der Waals surface area contributed by atoms with Gasteiger partial charge >= 0.3 is 0 Å². The standard InChI is InChI=1S/C22H25N3S2.ClH/c1-24-13-15-25(16-14-24)21(26)27-17-12-22(18-23,19-8-4-2-5-9-19)20-10-6-3-7-11-20;/h2-11H,12-17H2,1H3;1H. The summed E-state index contributed by atoms with van der Waals surface area (Å²) < 4.78 is 0.968. The third kappa shape index (κ3) is 5.27. The lowest BCUT2D eigenvalue weighted by Gasteiger charge is -2.32. The van der Waals surface area contributed by atoms with Crippen molar-refractivity contribution < 1.29 is 17.3 Å². The number of hydrogen-bond acceptors (Lipinski definition) is 3. The van der Waals surface area contributed by atoms with Crippen molar-refractivity contribution in [3.63, 3.8) is 0 Å². The number of hydrogen-bond donors (Lipinski definition) is 1. The number of nitriles is 1. The van der Waals surface area contributed by atoms with E-state index in [1.165, 1.54) is 0 Å². The molecule has 1 saturated heterocycles. The summed E-state index contributed by atoms with van der Waals surface area (Å²) in [6.45, 7) is 4.32. The van der Waals surface area contributed by atoms with Crippen LogP contribution in [0.3, 0.4) is 0 Å². The molecular weight excluding hydrogens is 406 g/mol. The zero-order valence-electron chi connectivity index (χ0n) is 16.1. The third-order valence-corrected chi connectivity index (χ3v) is 6.83. The molecule has 0 unspecified atom stereocenters. The number of likely N-dealkylation sites (N-methyl/N-ethyl adjacent to an activating group) is 1. The molecule has 3 nitrogen and oxygen atoms in total. The zero-order chi connectivity index (χ0) is 19.1. The summed E-state index contributed by atoms with van der Waals surface area (Å²) in [4.78, 5) is 3.88. The molecule has 2 aromatic carbocycles. The molecule has 0 saturated carbocycles. The molecule has 1 N–H and O–H groups in total. The molecule has 6 heteroatoms. The molecule has 0 amide bonds. The fourth-order valence-corrected chi connectivity index (χ4v) is 4.92. The highest BCUT2D eigenvalue weighted by Gasteiger charge is 2.34. The molecular formula is C22H26ClN3S2. The maximum Gasteiger partial charge on any atom is 0.136 e. The highest BCUT2D eigenvalue weighted by atomic mass is 35.5. The minimum Gasteiger partial charge on any atom is -1.00 e. The van der Waals surface area contributed by atoms with Gasteiger partial charge in [0.25, 0.3) is 0 Å². The van der Waals surface area contributed by atoms with E-state index >= 15 is 0 Å². The molecule has 0 atom stereocenters. The van der Waals surface area contributed by atoms with Crippen LogP contribution >= 0.6 is 24.0 Å². The molecule has 1 aliphatic rings. The van der Waals surface area contributed by atoms with E-state index in [-0.39, 0.29) is 12.4 Å². The number of benzene rings is 2. The number of nitrogens with zero attached hydrogens (tertiary/aromatic N) is 2. The Labute approximate surface area is 184 Å². The van der Waals surface area contributed by atoms with Gasteiger partial charge in [-0.15, -0.1) is 0 Å². The first-order chi connectivity index (χ1) is 13.2. The van der Waals surface area contributed by atoms with Gasteiger partial charge in [-0.3, -0.25) is 0 Å². The lowest BCUT2D eigenvalue weighted by Crippen LogP contribution is -3.12. The Morgan fingerprint density at radius 1 is 1.07 bits per heavy atom. The SMILES string of the molecule is C[NH+]1CCN(C(=S)SCCC(C#N)(c2ccccc2)c2ccccc2)CC1.[Cl-]. The molecule has 0 aromatic heterocycles. The number of piperazine rings is 1. The van der Waals surface area contributed by atoms with E-state index in [1.54, 1.807) is 16.7 Å². The van der Waals surface area contributed by atoms with Crippen LogP contribution in [0.2, 0.25) is 0 Å². The Kier molecular flexibility index (Phi) is 8.78. The van der Waals surface area contributed by atoms with Crippen molar-refractivity contribution in [3.8, 4) is 6.07 Å². The first-order valence-electron chi connectivity index (χ1n) is 9.41. The molecule has 1 aliphatic heterocycles. The molecule has 28 heavy (non-hydrogen) atoms. The lowest BCUT2D eigenvalue weighted by molar-refractivity contribution is -0.883. The van der Waals surface area contributed by atoms with E-state index < -0.39 is 5.41 Å². The molecule has 3 rings (SSSR count). The second kappa shape index (κ2) is 10.8. The number of thiocarbonyl (C=S) groups is 1. The van der Waals surface area contributed by atoms with Crippen LogP contribution in [0.5, 0.6) is 0 Å². The Balaban J connectivity index is 0.00000280.